The van der Waals surface area contributed by atoms with E-state index < -0.39 is 6.10 Å². The number of benzene rings is 3. The van der Waals surface area contributed by atoms with Crippen LogP contribution in [0.4, 0.5) is 0 Å². The number of aliphatic hydroxyl groups excluding tert-OH is 1. The van der Waals surface area contributed by atoms with Crippen molar-refractivity contribution in [2.75, 3.05) is 13.7 Å². The van der Waals surface area contributed by atoms with Crippen molar-refractivity contribution in [3.05, 3.63) is 95.6 Å². The van der Waals surface area contributed by atoms with Gasteiger partial charge in [-0.05, 0) is 41.0 Å². The molecule has 4 nitrogen and oxygen atoms in total. The van der Waals surface area contributed by atoms with Crippen molar-refractivity contribution in [1.82, 2.24) is 5.32 Å². The smallest absolute Gasteiger partial charge is 0.119 e. The number of nitrogens with one attached hydrogen (secondary N) is 1. The number of methoxy groups -OCH3 is 1. The van der Waals surface area contributed by atoms with E-state index in [-0.39, 0.29) is 0 Å². The Labute approximate surface area is 160 Å². The lowest BCUT2D eigenvalue weighted by molar-refractivity contribution is 0.174. The van der Waals surface area contributed by atoms with Crippen LogP contribution in [-0.4, -0.2) is 18.8 Å². The van der Waals surface area contributed by atoms with Gasteiger partial charge in [-0.1, -0.05) is 54.6 Å². The number of rotatable bonds is 9. The minimum absolute atomic E-state index is 0.482. The van der Waals surface area contributed by atoms with Gasteiger partial charge in [-0.3, -0.25) is 0 Å². The van der Waals surface area contributed by atoms with Gasteiger partial charge in [0.1, 0.15) is 18.1 Å². The summed E-state index contributed by atoms with van der Waals surface area (Å²) in [6.45, 7) is 1.71. The van der Waals surface area contributed by atoms with Crippen LogP contribution in [-0.2, 0) is 13.2 Å². The Hall–Kier alpha value is -2.82. The summed E-state index contributed by atoms with van der Waals surface area (Å²) < 4.78 is 10.9. The standard InChI is InChI=1S/C23H25NO3/c1-26-21-11-7-18(8-12-21)15-24-16-23(25)20-9-13-22(14-10-20)27-17-19-5-3-2-4-6-19/h2-14,23-25H,15-17H2,1H3/t23-/m1/s1. The summed E-state index contributed by atoms with van der Waals surface area (Å²) in [4.78, 5) is 0. The Morgan fingerprint density at radius 3 is 2.15 bits per heavy atom. The predicted octanol–water partition coefficient (Wildman–Crippen LogP) is 4.10. The van der Waals surface area contributed by atoms with Gasteiger partial charge in [0.15, 0.2) is 0 Å². The fraction of sp³-hybridized carbons (Fsp3) is 0.217. The quantitative estimate of drug-likeness (QED) is 0.601. The van der Waals surface area contributed by atoms with Crippen LogP contribution in [0.15, 0.2) is 78.9 Å². The predicted molar refractivity (Wildman–Crippen MR) is 107 cm³/mol. The van der Waals surface area contributed by atoms with Crippen molar-refractivity contribution < 1.29 is 14.6 Å². The number of ether oxygens (including phenoxy) is 2. The molecule has 0 saturated heterocycles. The van der Waals surface area contributed by atoms with Crippen LogP contribution in [0.5, 0.6) is 11.5 Å². The summed E-state index contributed by atoms with van der Waals surface area (Å²) in [7, 11) is 1.65. The summed E-state index contributed by atoms with van der Waals surface area (Å²) in [5, 5.41) is 13.6. The summed E-state index contributed by atoms with van der Waals surface area (Å²) in [5.41, 5.74) is 3.14. The van der Waals surface area contributed by atoms with Gasteiger partial charge in [0, 0.05) is 13.1 Å². The van der Waals surface area contributed by atoms with E-state index in [4.69, 9.17) is 9.47 Å². The normalized spacial score (nSPS) is 11.8. The molecular formula is C23H25NO3. The van der Waals surface area contributed by atoms with Crippen LogP contribution in [0.3, 0.4) is 0 Å². The summed E-state index contributed by atoms with van der Waals surface area (Å²) >= 11 is 0. The zero-order chi connectivity index (χ0) is 18.9. The first-order valence-corrected chi connectivity index (χ1v) is 9.03. The zero-order valence-electron chi connectivity index (χ0n) is 15.5. The van der Waals surface area contributed by atoms with Gasteiger partial charge >= 0.3 is 0 Å². The van der Waals surface area contributed by atoms with Gasteiger partial charge in [-0.2, -0.15) is 0 Å². The Morgan fingerprint density at radius 1 is 0.815 bits per heavy atom. The van der Waals surface area contributed by atoms with Crippen LogP contribution in [0.25, 0.3) is 0 Å². The average molecular weight is 363 g/mol. The lowest BCUT2D eigenvalue weighted by Gasteiger charge is -2.13. The van der Waals surface area contributed by atoms with Gasteiger partial charge in [0.05, 0.1) is 13.2 Å². The molecule has 0 aliphatic rings. The molecule has 27 heavy (non-hydrogen) atoms. The molecule has 0 unspecified atom stereocenters. The Bertz CT molecular complexity index is 801. The lowest BCUT2D eigenvalue weighted by Crippen LogP contribution is -2.21. The van der Waals surface area contributed by atoms with E-state index in [0.29, 0.717) is 19.7 Å². The van der Waals surface area contributed by atoms with E-state index >= 15 is 0 Å². The van der Waals surface area contributed by atoms with E-state index in [9.17, 15) is 5.11 Å². The van der Waals surface area contributed by atoms with Crippen molar-refractivity contribution in [3.8, 4) is 11.5 Å². The second-order valence-electron chi connectivity index (χ2n) is 6.34. The highest BCUT2D eigenvalue weighted by molar-refractivity contribution is 5.29. The Kier molecular flexibility index (Phi) is 6.85. The van der Waals surface area contributed by atoms with Crippen LogP contribution in [0, 0.1) is 0 Å². The zero-order valence-corrected chi connectivity index (χ0v) is 15.5. The molecule has 140 valence electrons. The molecule has 0 fully saturated rings. The van der Waals surface area contributed by atoms with E-state index in [1.165, 1.54) is 0 Å². The maximum Gasteiger partial charge on any atom is 0.119 e. The summed E-state index contributed by atoms with van der Waals surface area (Å²) in [6.07, 6.45) is -0.563. The summed E-state index contributed by atoms with van der Waals surface area (Å²) in [6, 6.07) is 25.5. The van der Waals surface area contributed by atoms with Crippen LogP contribution in [0.2, 0.25) is 0 Å². The molecule has 3 aromatic carbocycles. The average Bonchev–Trinajstić information content (AvgIpc) is 2.74. The van der Waals surface area contributed by atoms with Crippen molar-refractivity contribution in [2.24, 2.45) is 0 Å². The highest BCUT2D eigenvalue weighted by Crippen LogP contribution is 2.19. The third-order valence-corrected chi connectivity index (χ3v) is 4.34. The Balaban J connectivity index is 1.44. The molecule has 3 aromatic rings. The minimum Gasteiger partial charge on any atom is -0.497 e. The van der Waals surface area contributed by atoms with Crippen molar-refractivity contribution in [1.29, 1.82) is 0 Å². The first kappa shape index (κ1) is 19.0. The fourth-order valence-corrected chi connectivity index (χ4v) is 2.74. The molecule has 0 heterocycles. The van der Waals surface area contributed by atoms with Crippen LogP contribution >= 0.6 is 0 Å². The van der Waals surface area contributed by atoms with E-state index in [2.05, 4.69) is 5.32 Å². The molecule has 0 aromatic heterocycles. The maximum absolute atomic E-state index is 10.4. The molecule has 2 N–H and O–H groups in total. The van der Waals surface area contributed by atoms with Gasteiger partial charge in [-0.25, -0.2) is 0 Å². The second kappa shape index (κ2) is 9.76. The molecule has 0 amide bonds. The third kappa shape index (κ3) is 5.84. The molecule has 0 saturated carbocycles. The molecule has 3 rings (SSSR count). The molecular weight excluding hydrogens is 338 g/mol. The Morgan fingerprint density at radius 2 is 1.48 bits per heavy atom. The molecule has 4 heteroatoms. The first-order chi connectivity index (χ1) is 13.2. The number of hydrogen-bond acceptors (Lipinski definition) is 4. The third-order valence-electron chi connectivity index (χ3n) is 4.34. The minimum atomic E-state index is -0.563. The van der Waals surface area contributed by atoms with Crippen LogP contribution in [0.1, 0.15) is 22.8 Å². The van der Waals surface area contributed by atoms with E-state index in [1.807, 2.05) is 78.9 Å². The molecule has 0 aliphatic heterocycles. The van der Waals surface area contributed by atoms with Gasteiger partial charge in [0.25, 0.3) is 0 Å². The van der Waals surface area contributed by atoms with Crippen molar-refractivity contribution in [3.63, 3.8) is 0 Å². The number of aliphatic hydroxyl groups is 1. The largest absolute Gasteiger partial charge is 0.497 e. The molecule has 1 atom stereocenters. The lowest BCUT2D eigenvalue weighted by atomic mass is 10.1. The second-order valence-corrected chi connectivity index (χ2v) is 6.34. The molecule has 0 radical (unpaired) electrons. The van der Waals surface area contributed by atoms with E-state index in [1.54, 1.807) is 7.11 Å². The monoisotopic (exact) mass is 363 g/mol. The SMILES string of the molecule is COc1ccc(CNC[C@@H](O)c2ccc(OCc3ccccc3)cc2)cc1. The van der Waals surface area contributed by atoms with Crippen molar-refractivity contribution in [2.45, 2.75) is 19.3 Å². The van der Waals surface area contributed by atoms with Gasteiger partial charge in [-0.15, -0.1) is 0 Å². The molecule has 0 aliphatic carbocycles. The molecule has 0 bridgehead atoms. The van der Waals surface area contributed by atoms with Gasteiger partial charge < -0.3 is 19.9 Å². The van der Waals surface area contributed by atoms with Crippen molar-refractivity contribution >= 4 is 0 Å². The highest BCUT2D eigenvalue weighted by Gasteiger charge is 2.07. The highest BCUT2D eigenvalue weighted by atomic mass is 16.5. The van der Waals surface area contributed by atoms with E-state index in [0.717, 1.165) is 28.2 Å². The first-order valence-electron chi connectivity index (χ1n) is 9.03. The topological polar surface area (TPSA) is 50.7 Å². The maximum atomic E-state index is 10.4. The summed E-state index contributed by atoms with van der Waals surface area (Å²) in [5.74, 6) is 1.63. The number of hydrogen-bond donors (Lipinski definition) is 2. The van der Waals surface area contributed by atoms with Gasteiger partial charge in [0.2, 0.25) is 0 Å². The fourth-order valence-electron chi connectivity index (χ4n) is 2.74. The van der Waals surface area contributed by atoms with Crippen LogP contribution < -0.4 is 14.8 Å². The molecule has 0 spiro atoms.